The van der Waals surface area contributed by atoms with E-state index in [1.54, 1.807) is 18.4 Å². The molecule has 5 nitrogen and oxygen atoms in total. The second-order valence-electron chi connectivity index (χ2n) is 6.12. The van der Waals surface area contributed by atoms with Crippen molar-refractivity contribution in [2.24, 2.45) is 7.05 Å². The van der Waals surface area contributed by atoms with E-state index in [4.69, 9.17) is 0 Å². The number of nitrogens with one attached hydrogen (secondary N) is 1. The van der Waals surface area contributed by atoms with Crippen LogP contribution in [0.25, 0.3) is 0 Å². The smallest absolute Gasteiger partial charge is 0.267 e. The highest BCUT2D eigenvalue weighted by Gasteiger charge is 2.28. The summed E-state index contributed by atoms with van der Waals surface area (Å²) in [6, 6.07) is 4.40. The fourth-order valence-electron chi connectivity index (χ4n) is 3.40. The Morgan fingerprint density at radius 3 is 2.96 bits per heavy atom. The molecule has 0 radical (unpaired) electrons. The largest absolute Gasteiger partial charge is 0.354 e. The Labute approximate surface area is 141 Å². The van der Waals surface area contributed by atoms with E-state index in [0.717, 1.165) is 30.9 Å². The molecule has 1 N–H and O–H groups in total. The Bertz CT molecular complexity index is 691. The van der Waals surface area contributed by atoms with Crippen LogP contribution in [0.15, 0.2) is 17.6 Å². The van der Waals surface area contributed by atoms with Crippen molar-refractivity contribution in [3.05, 3.63) is 39.6 Å². The highest BCUT2D eigenvalue weighted by molar-refractivity contribution is 7.09. The van der Waals surface area contributed by atoms with Gasteiger partial charge in [0.2, 0.25) is 0 Å². The highest BCUT2D eigenvalue weighted by atomic mass is 32.1. The van der Waals surface area contributed by atoms with Crippen molar-refractivity contribution in [2.75, 3.05) is 13.6 Å². The summed E-state index contributed by atoms with van der Waals surface area (Å²) in [6.07, 6.45) is 3.62. The Hall–Kier alpha value is -1.66. The van der Waals surface area contributed by atoms with E-state index in [1.807, 2.05) is 23.2 Å². The summed E-state index contributed by atoms with van der Waals surface area (Å²) in [6.45, 7) is 4.13. The average molecular weight is 332 g/mol. The third-order valence-electron chi connectivity index (χ3n) is 4.77. The molecule has 1 atom stereocenters. The van der Waals surface area contributed by atoms with Crippen molar-refractivity contribution in [2.45, 2.75) is 38.8 Å². The average Bonchev–Trinajstić information content (AvgIpc) is 3.14. The van der Waals surface area contributed by atoms with Crippen molar-refractivity contribution in [1.82, 2.24) is 19.8 Å². The zero-order chi connectivity index (χ0) is 16.4. The molecule has 0 aliphatic carbocycles. The maximum atomic E-state index is 12.0. The summed E-state index contributed by atoms with van der Waals surface area (Å²) in [5.41, 5.74) is 5.01. The van der Waals surface area contributed by atoms with E-state index in [2.05, 4.69) is 28.2 Å². The molecule has 2 aromatic rings. The van der Waals surface area contributed by atoms with Crippen LogP contribution >= 0.6 is 11.3 Å². The molecule has 1 fully saturated rings. The van der Waals surface area contributed by atoms with Crippen LogP contribution in [0.3, 0.4) is 0 Å². The molecule has 3 rings (SSSR count). The van der Waals surface area contributed by atoms with Gasteiger partial charge in [-0.15, -0.1) is 11.3 Å². The molecular weight excluding hydrogens is 308 g/mol. The first kappa shape index (κ1) is 16.2. The monoisotopic (exact) mass is 332 g/mol. The first-order valence-corrected chi connectivity index (χ1v) is 9.00. The number of nitrogens with zero attached hydrogens (tertiary/aromatic N) is 3. The number of likely N-dealkylation sites (tertiary alicyclic amines) is 1. The predicted octanol–water partition coefficient (Wildman–Crippen LogP) is 2.88. The van der Waals surface area contributed by atoms with Crippen LogP contribution < -0.4 is 5.32 Å². The highest BCUT2D eigenvalue weighted by Crippen LogP contribution is 2.33. The maximum absolute atomic E-state index is 12.0. The van der Waals surface area contributed by atoms with E-state index in [-0.39, 0.29) is 5.91 Å². The number of carbonyl (C=O) groups is 1. The third-order valence-corrected chi connectivity index (χ3v) is 5.69. The molecule has 6 heteroatoms. The summed E-state index contributed by atoms with van der Waals surface area (Å²) in [5, 5.41) is 2.71. The van der Waals surface area contributed by atoms with Crippen LogP contribution in [0.1, 0.15) is 52.1 Å². The van der Waals surface area contributed by atoms with Gasteiger partial charge in [0.05, 0.1) is 17.2 Å². The topological polar surface area (TPSA) is 50.2 Å². The van der Waals surface area contributed by atoms with Gasteiger partial charge in [-0.1, -0.05) is 6.42 Å². The van der Waals surface area contributed by atoms with Crippen LogP contribution in [0.5, 0.6) is 0 Å². The van der Waals surface area contributed by atoms with Crippen molar-refractivity contribution < 1.29 is 4.79 Å². The summed E-state index contributed by atoms with van der Waals surface area (Å²) < 4.78 is 2.04. The number of aromatic nitrogens is 2. The van der Waals surface area contributed by atoms with Crippen molar-refractivity contribution in [3.63, 3.8) is 0 Å². The molecule has 124 valence electrons. The normalized spacial score (nSPS) is 19.0. The van der Waals surface area contributed by atoms with E-state index in [9.17, 15) is 4.79 Å². The second-order valence-corrected chi connectivity index (χ2v) is 7.06. The molecule has 0 spiro atoms. The number of hydrogen-bond donors (Lipinski definition) is 1. The van der Waals surface area contributed by atoms with Crippen LogP contribution in [-0.2, 0) is 13.6 Å². The lowest BCUT2D eigenvalue weighted by molar-refractivity contribution is 0.0952. The maximum Gasteiger partial charge on any atom is 0.267 e. The Balaban J connectivity index is 1.85. The number of amides is 1. The van der Waals surface area contributed by atoms with Gasteiger partial charge in [-0.3, -0.25) is 9.69 Å². The fraction of sp³-hybridized carbons (Fsp3) is 0.529. The minimum absolute atomic E-state index is 0.0283. The molecule has 0 aromatic carbocycles. The van der Waals surface area contributed by atoms with Crippen molar-refractivity contribution in [3.8, 4) is 0 Å². The van der Waals surface area contributed by atoms with Crippen LogP contribution in [0.2, 0.25) is 0 Å². The van der Waals surface area contributed by atoms with Crippen LogP contribution in [-0.4, -0.2) is 34.0 Å². The zero-order valence-electron chi connectivity index (χ0n) is 14.0. The molecule has 0 saturated carbocycles. The van der Waals surface area contributed by atoms with Gasteiger partial charge in [0.1, 0.15) is 5.69 Å². The van der Waals surface area contributed by atoms with Gasteiger partial charge in [0.25, 0.3) is 5.91 Å². The molecule has 1 aliphatic heterocycles. The van der Waals surface area contributed by atoms with E-state index in [0.29, 0.717) is 6.04 Å². The molecule has 1 aliphatic rings. The molecule has 0 bridgehead atoms. The van der Waals surface area contributed by atoms with Gasteiger partial charge < -0.3 is 9.88 Å². The Morgan fingerprint density at radius 1 is 1.43 bits per heavy atom. The number of thiazole rings is 1. The number of carbonyl (C=O) groups excluding carboxylic acids is 1. The van der Waals surface area contributed by atoms with E-state index < -0.39 is 0 Å². The third kappa shape index (κ3) is 3.19. The Kier molecular flexibility index (Phi) is 4.82. The molecule has 2 aromatic heterocycles. The quantitative estimate of drug-likeness (QED) is 0.936. The van der Waals surface area contributed by atoms with Crippen molar-refractivity contribution >= 4 is 17.2 Å². The van der Waals surface area contributed by atoms with Crippen LogP contribution in [0, 0.1) is 6.92 Å². The van der Waals surface area contributed by atoms with Gasteiger partial charge >= 0.3 is 0 Å². The lowest BCUT2D eigenvalue weighted by Crippen LogP contribution is -2.34. The summed E-state index contributed by atoms with van der Waals surface area (Å²) in [7, 11) is 3.67. The zero-order valence-corrected chi connectivity index (χ0v) is 14.8. The minimum atomic E-state index is -0.0283. The van der Waals surface area contributed by atoms with Crippen molar-refractivity contribution in [1.29, 1.82) is 0 Å². The number of aryl methyl sites for hydroxylation is 1. The lowest BCUT2D eigenvalue weighted by Gasteiger charge is -2.36. The Morgan fingerprint density at radius 2 is 2.26 bits per heavy atom. The molecule has 1 saturated heterocycles. The van der Waals surface area contributed by atoms with Gasteiger partial charge in [-0.05, 0) is 38.4 Å². The minimum Gasteiger partial charge on any atom is -0.354 e. The first-order valence-electron chi connectivity index (χ1n) is 8.12. The molecular formula is C17H24N4OS. The number of piperidine rings is 1. The van der Waals surface area contributed by atoms with Gasteiger partial charge in [0, 0.05) is 31.2 Å². The van der Waals surface area contributed by atoms with Gasteiger partial charge in [0.15, 0.2) is 0 Å². The summed E-state index contributed by atoms with van der Waals surface area (Å²) in [4.78, 5) is 20.2. The molecule has 1 unspecified atom stereocenters. The van der Waals surface area contributed by atoms with E-state index in [1.165, 1.54) is 23.4 Å². The van der Waals surface area contributed by atoms with E-state index >= 15 is 0 Å². The lowest BCUT2D eigenvalue weighted by atomic mass is 9.99. The second kappa shape index (κ2) is 6.84. The molecule has 23 heavy (non-hydrogen) atoms. The molecule has 3 heterocycles. The number of rotatable bonds is 4. The standard InChI is InChI=1S/C17H24N4OS/c1-12-16(23-11-19-12)10-21-9-5-4-6-14(21)13-7-8-15(20(13)3)17(22)18-2/h7-8,11,14H,4-6,9-10H2,1-3H3,(H,18,22). The number of hydrogen-bond acceptors (Lipinski definition) is 4. The van der Waals surface area contributed by atoms with Crippen LogP contribution in [0.4, 0.5) is 0 Å². The first-order chi connectivity index (χ1) is 11.1. The predicted molar refractivity (Wildman–Crippen MR) is 92.7 cm³/mol. The SMILES string of the molecule is CNC(=O)c1ccc(C2CCCCN2Cc2scnc2C)n1C. The van der Waals surface area contributed by atoms with Gasteiger partial charge in [-0.25, -0.2) is 4.98 Å². The molecule has 1 amide bonds. The van der Waals surface area contributed by atoms with Gasteiger partial charge in [-0.2, -0.15) is 0 Å². The fourth-order valence-corrected chi connectivity index (χ4v) is 4.20. The summed E-state index contributed by atoms with van der Waals surface area (Å²) >= 11 is 1.73. The summed E-state index contributed by atoms with van der Waals surface area (Å²) in [5.74, 6) is -0.0283.